The first-order valence-electron chi connectivity index (χ1n) is 6.73. The predicted molar refractivity (Wildman–Crippen MR) is 67.4 cm³/mol. The molecule has 0 aliphatic carbocycles. The van der Waals surface area contributed by atoms with Crippen LogP contribution in [-0.4, -0.2) is 53.5 Å². The van der Waals surface area contributed by atoms with Gasteiger partial charge in [0.25, 0.3) is 0 Å². The van der Waals surface area contributed by atoms with Gasteiger partial charge in [0, 0.05) is 0 Å². The highest BCUT2D eigenvalue weighted by Crippen LogP contribution is 2.44. The molecule has 0 aromatic carbocycles. The molecule has 0 aromatic heterocycles. The third-order valence-corrected chi connectivity index (χ3v) is 3.67. The normalized spacial score (nSPS) is 46.3. The minimum atomic E-state index is -1.09. The Balaban J connectivity index is 1.90. The van der Waals surface area contributed by atoms with Crippen LogP contribution in [-0.2, 0) is 23.7 Å². The van der Waals surface area contributed by atoms with Gasteiger partial charge in [-0.3, -0.25) is 0 Å². The minimum absolute atomic E-state index is 0.390. The van der Waals surface area contributed by atoms with Gasteiger partial charge in [-0.2, -0.15) is 0 Å². The van der Waals surface area contributed by atoms with Crippen molar-refractivity contribution in [2.45, 2.75) is 76.1 Å². The standard InChI is InChI=1S/C14H20O6/c1-6-7(15)8-9-10(18-13(2,3)17-9)11-12(16-8)20-14(4,5)19-11/h1,7-12,15H,2-5H3. The molecule has 3 aliphatic heterocycles. The summed E-state index contributed by atoms with van der Waals surface area (Å²) in [6.07, 6.45) is 1.59. The van der Waals surface area contributed by atoms with Crippen molar-refractivity contribution in [3.05, 3.63) is 0 Å². The van der Waals surface area contributed by atoms with E-state index in [0.717, 1.165) is 0 Å². The Kier molecular flexibility index (Phi) is 3.14. The maximum absolute atomic E-state index is 9.96. The Morgan fingerprint density at radius 1 is 0.950 bits per heavy atom. The quantitative estimate of drug-likeness (QED) is 0.702. The van der Waals surface area contributed by atoms with E-state index in [1.54, 1.807) is 27.7 Å². The highest BCUT2D eigenvalue weighted by atomic mass is 16.9. The number of aliphatic hydroxyl groups excluding tert-OH is 1. The lowest BCUT2D eigenvalue weighted by Crippen LogP contribution is -2.58. The first kappa shape index (κ1) is 14.3. The second-order valence-corrected chi connectivity index (χ2v) is 6.25. The van der Waals surface area contributed by atoms with Crippen molar-refractivity contribution in [3.63, 3.8) is 0 Å². The third kappa shape index (κ3) is 2.25. The molecule has 6 heteroatoms. The van der Waals surface area contributed by atoms with Crippen LogP contribution in [0.3, 0.4) is 0 Å². The lowest BCUT2D eigenvalue weighted by atomic mass is 9.96. The summed E-state index contributed by atoms with van der Waals surface area (Å²) in [7, 11) is 0. The molecule has 0 radical (unpaired) electrons. The number of hydrogen-bond acceptors (Lipinski definition) is 6. The van der Waals surface area contributed by atoms with Gasteiger partial charge in [0.2, 0.25) is 0 Å². The van der Waals surface area contributed by atoms with E-state index >= 15 is 0 Å². The fourth-order valence-corrected chi connectivity index (χ4v) is 2.99. The van der Waals surface area contributed by atoms with Gasteiger partial charge in [-0.25, -0.2) is 0 Å². The van der Waals surface area contributed by atoms with Crippen LogP contribution in [0.5, 0.6) is 0 Å². The molecule has 0 saturated carbocycles. The van der Waals surface area contributed by atoms with Gasteiger partial charge in [-0.15, -0.1) is 6.42 Å². The van der Waals surface area contributed by atoms with Crippen LogP contribution in [0.15, 0.2) is 0 Å². The zero-order valence-corrected chi connectivity index (χ0v) is 12.0. The van der Waals surface area contributed by atoms with Crippen LogP contribution in [0, 0.1) is 12.3 Å². The number of rotatable bonds is 1. The van der Waals surface area contributed by atoms with Crippen LogP contribution in [0.25, 0.3) is 0 Å². The highest BCUT2D eigenvalue weighted by Gasteiger charge is 2.61. The van der Waals surface area contributed by atoms with Crippen molar-refractivity contribution in [3.8, 4) is 12.3 Å². The molecular weight excluding hydrogens is 264 g/mol. The smallest absolute Gasteiger partial charge is 0.190 e. The van der Waals surface area contributed by atoms with Crippen LogP contribution in [0.4, 0.5) is 0 Å². The fraction of sp³-hybridized carbons (Fsp3) is 0.857. The van der Waals surface area contributed by atoms with Crippen LogP contribution in [0.1, 0.15) is 27.7 Å². The molecule has 3 heterocycles. The number of ether oxygens (including phenoxy) is 5. The van der Waals surface area contributed by atoms with E-state index in [0.29, 0.717) is 0 Å². The van der Waals surface area contributed by atoms with E-state index in [1.807, 2.05) is 0 Å². The van der Waals surface area contributed by atoms with E-state index in [1.165, 1.54) is 0 Å². The topological polar surface area (TPSA) is 66.4 Å². The van der Waals surface area contributed by atoms with E-state index in [-0.39, 0.29) is 0 Å². The van der Waals surface area contributed by atoms with E-state index < -0.39 is 48.4 Å². The van der Waals surface area contributed by atoms with Crippen molar-refractivity contribution in [2.24, 2.45) is 0 Å². The summed E-state index contributed by atoms with van der Waals surface area (Å²) < 4.78 is 29.0. The fourth-order valence-electron chi connectivity index (χ4n) is 2.99. The van der Waals surface area contributed by atoms with Gasteiger partial charge in [0.05, 0.1) is 0 Å². The van der Waals surface area contributed by atoms with E-state index in [9.17, 15) is 5.11 Å². The van der Waals surface area contributed by atoms with Gasteiger partial charge in [0.1, 0.15) is 30.5 Å². The van der Waals surface area contributed by atoms with Gasteiger partial charge in [-0.1, -0.05) is 5.92 Å². The number of terminal acetylenes is 1. The molecular formula is C14H20O6. The van der Waals surface area contributed by atoms with Gasteiger partial charge in [-0.05, 0) is 27.7 Å². The maximum atomic E-state index is 9.96. The van der Waals surface area contributed by atoms with E-state index in [4.69, 9.17) is 30.1 Å². The van der Waals surface area contributed by atoms with Crippen LogP contribution in [0.2, 0.25) is 0 Å². The van der Waals surface area contributed by atoms with Gasteiger partial charge >= 0.3 is 0 Å². The lowest BCUT2D eigenvalue weighted by molar-refractivity contribution is -0.247. The molecule has 6 nitrogen and oxygen atoms in total. The summed E-state index contributed by atoms with van der Waals surface area (Å²) in [5.74, 6) is 0.721. The molecule has 3 aliphatic rings. The Hall–Kier alpha value is -0.680. The Morgan fingerprint density at radius 2 is 1.50 bits per heavy atom. The average Bonchev–Trinajstić information content (AvgIpc) is 2.81. The van der Waals surface area contributed by atoms with Crippen molar-refractivity contribution < 1.29 is 28.8 Å². The molecule has 112 valence electrons. The first-order chi connectivity index (χ1) is 9.22. The maximum Gasteiger partial charge on any atom is 0.190 e. The summed E-state index contributed by atoms with van der Waals surface area (Å²) in [5.41, 5.74) is 0. The second-order valence-electron chi connectivity index (χ2n) is 6.25. The van der Waals surface area contributed by atoms with Crippen molar-refractivity contribution in [1.29, 1.82) is 0 Å². The first-order valence-corrected chi connectivity index (χ1v) is 6.73. The third-order valence-electron chi connectivity index (χ3n) is 3.67. The second kappa shape index (κ2) is 4.41. The summed E-state index contributed by atoms with van der Waals surface area (Å²) in [5, 5.41) is 9.96. The minimum Gasteiger partial charge on any atom is -0.378 e. The van der Waals surface area contributed by atoms with Crippen LogP contribution < -0.4 is 0 Å². The van der Waals surface area contributed by atoms with Crippen molar-refractivity contribution in [1.82, 2.24) is 0 Å². The summed E-state index contributed by atoms with van der Waals surface area (Å²) in [6, 6.07) is 0. The Labute approximate surface area is 118 Å². The van der Waals surface area contributed by atoms with Crippen LogP contribution >= 0.6 is 0 Å². The molecule has 0 amide bonds. The average molecular weight is 284 g/mol. The van der Waals surface area contributed by atoms with Gasteiger partial charge < -0.3 is 28.8 Å². The van der Waals surface area contributed by atoms with Crippen molar-refractivity contribution >= 4 is 0 Å². The Morgan fingerprint density at radius 3 is 2.15 bits per heavy atom. The highest BCUT2D eigenvalue weighted by molar-refractivity contribution is 5.08. The zero-order chi connectivity index (χ0) is 14.7. The molecule has 0 aromatic rings. The molecule has 3 fully saturated rings. The molecule has 6 atom stereocenters. The van der Waals surface area contributed by atoms with Gasteiger partial charge in [0.15, 0.2) is 17.9 Å². The number of fused-ring (bicyclic) bond motifs is 3. The SMILES string of the molecule is C#CC(O)C1OC2OC(C)(C)OC2C2OC(C)(C)OC12. The summed E-state index contributed by atoms with van der Waals surface area (Å²) in [6.45, 7) is 7.22. The molecule has 1 N–H and O–H groups in total. The monoisotopic (exact) mass is 284 g/mol. The predicted octanol–water partition coefficient (Wildman–Crippen LogP) is 0.377. The zero-order valence-electron chi connectivity index (χ0n) is 12.0. The lowest BCUT2D eigenvalue weighted by Gasteiger charge is -2.38. The van der Waals surface area contributed by atoms with E-state index in [2.05, 4.69) is 5.92 Å². The molecule has 3 rings (SSSR count). The summed E-state index contributed by atoms with van der Waals surface area (Å²) >= 11 is 0. The molecule has 0 bridgehead atoms. The number of aliphatic hydroxyl groups is 1. The molecule has 3 saturated heterocycles. The summed E-state index contributed by atoms with van der Waals surface area (Å²) in [4.78, 5) is 0. The van der Waals surface area contributed by atoms with Crippen molar-refractivity contribution in [2.75, 3.05) is 0 Å². The molecule has 20 heavy (non-hydrogen) atoms. The molecule has 0 spiro atoms. The molecule has 6 unspecified atom stereocenters. The number of hydrogen-bond donors (Lipinski definition) is 1. The Bertz CT molecular complexity index is 439. The largest absolute Gasteiger partial charge is 0.378 e.